The minimum atomic E-state index is 0.172. The van der Waals surface area contributed by atoms with Crippen LogP contribution in [0.4, 0.5) is 5.69 Å². The third-order valence-electron chi connectivity index (χ3n) is 6.66. The highest BCUT2D eigenvalue weighted by atomic mass is 127. The second-order valence-electron chi connectivity index (χ2n) is 9.21. The van der Waals surface area contributed by atoms with Crippen molar-refractivity contribution in [1.29, 1.82) is 10.5 Å². The topological polar surface area (TPSA) is 93.1 Å². The van der Waals surface area contributed by atoms with Gasteiger partial charge < -0.3 is 5.11 Å². The van der Waals surface area contributed by atoms with Crippen molar-refractivity contribution in [3.63, 3.8) is 0 Å². The fourth-order valence-corrected chi connectivity index (χ4v) is 6.24. The van der Waals surface area contributed by atoms with E-state index in [1.165, 1.54) is 0 Å². The normalized spacial score (nSPS) is 11.0. The van der Waals surface area contributed by atoms with Crippen LogP contribution in [-0.2, 0) is 0 Å². The molecule has 0 saturated carbocycles. The molecule has 0 atom stereocenters. The van der Waals surface area contributed by atoms with Crippen molar-refractivity contribution in [2.24, 2.45) is 4.99 Å². The third kappa shape index (κ3) is 5.33. The van der Waals surface area contributed by atoms with Crippen molar-refractivity contribution in [2.45, 2.75) is 0 Å². The number of hydrogen-bond donors (Lipinski definition) is 1. The maximum atomic E-state index is 10.3. The molecule has 1 aromatic heterocycles. The molecular weight excluding hydrogens is 639 g/mol. The Kier molecular flexibility index (Phi) is 7.30. The van der Waals surface area contributed by atoms with Crippen LogP contribution < -0.4 is 0 Å². The average molecular weight is 659 g/mol. The van der Waals surface area contributed by atoms with Crippen LogP contribution in [0.15, 0.2) is 108 Å². The zero-order valence-electron chi connectivity index (χ0n) is 21.4. The van der Waals surface area contributed by atoms with E-state index in [1.54, 1.807) is 23.6 Å². The van der Waals surface area contributed by atoms with E-state index in [0.717, 1.165) is 52.3 Å². The summed E-state index contributed by atoms with van der Waals surface area (Å²) in [4.78, 5) is 9.89. The number of halogens is 1. The van der Waals surface area contributed by atoms with Gasteiger partial charge in [0.2, 0.25) is 0 Å². The van der Waals surface area contributed by atoms with Gasteiger partial charge in [0, 0.05) is 32.0 Å². The summed E-state index contributed by atoms with van der Waals surface area (Å²) in [5.41, 5.74) is 8.28. The largest absolute Gasteiger partial charge is 0.507 e. The number of rotatable bonds is 5. The number of aliphatic imine (C=N–C) groups is 1. The molecular formula is C34H19IN4OS. The van der Waals surface area contributed by atoms with Gasteiger partial charge in [0.15, 0.2) is 0 Å². The number of nitrogens with zero attached hydrogens (tertiary/aromatic N) is 4. The van der Waals surface area contributed by atoms with Crippen molar-refractivity contribution in [1.82, 2.24) is 4.98 Å². The first-order chi connectivity index (χ1) is 20.0. The van der Waals surface area contributed by atoms with Crippen LogP contribution in [0.2, 0.25) is 0 Å². The molecule has 0 spiro atoms. The van der Waals surface area contributed by atoms with Gasteiger partial charge in [-0.2, -0.15) is 10.5 Å². The van der Waals surface area contributed by atoms with E-state index in [-0.39, 0.29) is 5.75 Å². The lowest BCUT2D eigenvalue weighted by Gasteiger charge is -2.08. The second kappa shape index (κ2) is 11.3. The molecule has 0 aliphatic rings. The van der Waals surface area contributed by atoms with Crippen LogP contribution in [0, 0.1) is 26.2 Å². The molecule has 0 saturated heterocycles. The molecule has 0 unspecified atom stereocenters. The molecule has 194 valence electrons. The number of phenolic OH excluding ortho intramolecular Hbond substituents is 1. The predicted octanol–water partition coefficient (Wildman–Crippen LogP) is 9.10. The minimum absolute atomic E-state index is 0.172. The molecule has 0 fully saturated rings. The van der Waals surface area contributed by atoms with E-state index in [1.807, 2.05) is 84.9 Å². The number of aromatic nitrogens is 1. The van der Waals surface area contributed by atoms with Gasteiger partial charge in [-0.15, -0.1) is 11.3 Å². The lowest BCUT2D eigenvalue weighted by Crippen LogP contribution is -1.86. The quantitative estimate of drug-likeness (QED) is 0.148. The number of para-hydroxylation sites is 1. The summed E-state index contributed by atoms with van der Waals surface area (Å²) < 4.78 is 2.02. The highest BCUT2D eigenvalue weighted by molar-refractivity contribution is 14.1. The standard InChI is InChI=1S/C34H19IN4OS/c35-26-13-16-31(40)25(17-26)20-38-30-4-2-1-3-29(30)34-39-32-27(23-9-5-21(18-36)6-10-23)14-15-28(33(32)41-34)24-11-7-22(19-37)8-12-24/h1-17,20,40H/b38-20+. The van der Waals surface area contributed by atoms with Crippen LogP contribution in [0.3, 0.4) is 0 Å². The Bertz CT molecular complexity index is 1940. The summed E-state index contributed by atoms with van der Waals surface area (Å²) in [6, 6.07) is 36.8. The fourth-order valence-electron chi connectivity index (χ4n) is 4.57. The number of aromatic hydroxyl groups is 1. The van der Waals surface area contributed by atoms with Crippen molar-refractivity contribution in [2.75, 3.05) is 0 Å². The van der Waals surface area contributed by atoms with E-state index in [9.17, 15) is 15.6 Å². The Morgan fingerprint density at radius 2 is 1.39 bits per heavy atom. The lowest BCUT2D eigenvalue weighted by atomic mass is 9.98. The molecule has 0 amide bonds. The first kappa shape index (κ1) is 26.4. The third-order valence-corrected chi connectivity index (χ3v) is 8.45. The van der Waals surface area contributed by atoms with Crippen LogP contribution in [0.1, 0.15) is 16.7 Å². The van der Waals surface area contributed by atoms with Gasteiger partial charge in [-0.25, -0.2) is 4.98 Å². The number of thiazole rings is 1. The van der Waals surface area contributed by atoms with E-state index in [0.29, 0.717) is 16.7 Å². The van der Waals surface area contributed by atoms with Crippen LogP contribution in [0.5, 0.6) is 5.75 Å². The van der Waals surface area contributed by atoms with Gasteiger partial charge in [0.1, 0.15) is 10.8 Å². The predicted molar refractivity (Wildman–Crippen MR) is 173 cm³/mol. The van der Waals surface area contributed by atoms with Crippen LogP contribution >= 0.6 is 33.9 Å². The summed E-state index contributed by atoms with van der Waals surface area (Å²) in [5, 5.41) is 29.6. The van der Waals surface area contributed by atoms with Crippen molar-refractivity contribution in [3.05, 3.63) is 123 Å². The molecule has 1 heterocycles. The zero-order chi connectivity index (χ0) is 28.3. The van der Waals surface area contributed by atoms with Crippen LogP contribution in [-0.4, -0.2) is 16.3 Å². The van der Waals surface area contributed by atoms with Gasteiger partial charge in [0.05, 0.1) is 39.2 Å². The molecule has 7 heteroatoms. The number of phenols is 1. The van der Waals surface area contributed by atoms with Gasteiger partial charge in [-0.1, -0.05) is 48.5 Å². The first-order valence-electron chi connectivity index (χ1n) is 12.6. The Morgan fingerprint density at radius 3 is 2.07 bits per heavy atom. The number of nitriles is 2. The lowest BCUT2D eigenvalue weighted by molar-refractivity contribution is 0.474. The minimum Gasteiger partial charge on any atom is -0.507 e. The number of fused-ring (bicyclic) bond motifs is 1. The molecule has 1 N–H and O–H groups in total. The van der Waals surface area contributed by atoms with Crippen LogP contribution in [0.25, 0.3) is 43.0 Å². The highest BCUT2D eigenvalue weighted by Gasteiger charge is 2.17. The maximum absolute atomic E-state index is 10.3. The van der Waals surface area contributed by atoms with E-state index in [2.05, 4.69) is 46.9 Å². The van der Waals surface area contributed by atoms with E-state index in [4.69, 9.17) is 9.98 Å². The monoisotopic (exact) mass is 658 g/mol. The average Bonchev–Trinajstić information content (AvgIpc) is 3.47. The molecule has 41 heavy (non-hydrogen) atoms. The van der Waals surface area contributed by atoms with Gasteiger partial charge in [0.25, 0.3) is 0 Å². The van der Waals surface area contributed by atoms with Crippen molar-refractivity contribution < 1.29 is 5.11 Å². The van der Waals surface area contributed by atoms with Crippen molar-refractivity contribution in [3.8, 4) is 50.7 Å². The van der Waals surface area contributed by atoms with Crippen molar-refractivity contribution >= 4 is 56.0 Å². The molecule has 0 bridgehead atoms. The summed E-state index contributed by atoms with van der Waals surface area (Å²) in [7, 11) is 0. The summed E-state index contributed by atoms with van der Waals surface area (Å²) in [6.07, 6.45) is 1.67. The summed E-state index contributed by atoms with van der Waals surface area (Å²) in [5.74, 6) is 0.172. The Morgan fingerprint density at radius 1 is 0.756 bits per heavy atom. The van der Waals surface area contributed by atoms with E-state index < -0.39 is 0 Å². The summed E-state index contributed by atoms with van der Waals surface area (Å²) >= 11 is 3.80. The smallest absolute Gasteiger partial charge is 0.126 e. The zero-order valence-corrected chi connectivity index (χ0v) is 24.4. The molecule has 0 radical (unpaired) electrons. The maximum Gasteiger partial charge on any atom is 0.126 e. The first-order valence-corrected chi connectivity index (χ1v) is 14.5. The van der Waals surface area contributed by atoms with Gasteiger partial charge in [-0.3, -0.25) is 4.99 Å². The molecule has 0 aliphatic carbocycles. The summed E-state index contributed by atoms with van der Waals surface area (Å²) in [6.45, 7) is 0. The molecule has 5 nitrogen and oxygen atoms in total. The molecule has 5 aromatic carbocycles. The van der Waals surface area contributed by atoms with Gasteiger partial charge >= 0.3 is 0 Å². The molecule has 6 rings (SSSR count). The fraction of sp³-hybridized carbons (Fsp3) is 0. The Labute approximate surface area is 254 Å². The Balaban J connectivity index is 1.52. The Hall–Kier alpha value is -4.83. The number of hydrogen-bond acceptors (Lipinski definition) is 6. The highest BCUT2D eigenvalue weighted by Crippen LogP contribution is 2.43. The second-order valence-corrected chi connectivity index (χ2v) is 11.5. The number of benzene rings is 5. The van der Waals surface area contributed by atoms with Gasteiger partial charge in [-0.05, 0) is 88.3 Å². The van der Waals surface area contributed by atoms with E-state index >= 15 is 0 Å². The molecule has 6 aromatic rings. The SMILES string of the molecule is N#Cc1ccc(-c2ccc(-c3ccc(C#N)cc3)c3sc(-c4ccccc4/N=C/c4cc(I)ccc4O)nc23)cc1. The molecule has 0 aliphatic heterocycles.